The van der Waals surface area contributed by atoms with Gasteiger partial charge in [0.05, 0.1) is 10.7 Å². The molecule has 1 saturated heterocycles. The molecule has 1 aromatic carbocycles. The summed E-state index contributed by atoms with van der Waals surface area (Å²) in [5, 5.41) is 9.31. The molecule has 1 aliphatic rings. The Kier molecular flexibility index (Phi) is 5.07. The Bertz CT molecular complexity index is 513. The van der Waals surface area contributed by atoms with Crippen molar-refractivity contribution in [3.05, 3.63) is 34.9 Å². The lowest BCUT2D eigenvalue weighted by Gasteiger charge is -2.20. The molecule has 1 fully saturated rings. The van der Waals surface area contributed by atoms with Crippen molar-refractivity contribution in [3.8, 4) is 0 Å². The molecule has 108 valence electrons. The highest BCUT2D eigenvalue weighted by molar-refractivity contribution is 6.33. The average molecular weight is 294 g/mol. The van der Waals surface area contributed by atoms with E-state index in [9.17, 15) is 4.79 Å². The first-order valence-corrected chi connectivity index (χ1v) is 7.43. The lowest BCUT2D eigenvalue weighted by molar-refractivity contribution is -0.131. The van der Waals surface area contributed by atoms with E-state index in [1.165, 1.54) is 19.3 Å². The highest BCUT2D eigenvalue weighted by Gasteiger charge is 2.23. The number of nitrogens with zero attached hydrogens (tertiary/aromatic N) is 1. The molecular weight excluding hydrogens is 274 g/mol. The topological polar surface area (TPSA) is 40.5 Å². The van der Waals surface area contributed by atoms with E-state index < -0.39 is 5.97 Å². The van der Waals surface area contributed by atoms with Crippen molar-refractivity contribution in [2.24, 2.45) is 5.92 Å². The molecule has 0 spiro atoms. The Morgan fingerprint density at radius 3 is 3.00 bits per heavy atom. The van der Waals surface area contributed by atoms with Gasteiger partial charge in [-0.05, 0) is 42.5 Å². The summed E-state index contributed by atoms with van der Waals surface area (Å²) in [7, 11) is 0. The molecule has 1 aromatic rings. The summed E-state index contributed by atoms with van der Waals surface area (Å²) in [5.74, 6) is -0.185. The van der Waals surface area contributed by atoms with Gasteiger partial charge in [0.2, 0.25) is 0 Å². The maximum atomic E-state index is 10.5. The van der Waals surface area contributed by atoms with E-state index in [1.54, 1.807) is 6.08 Å². The van der Waals surface area contributed by atoms with E-state index in [0.29, 0.717) is 5.02 Å². The predicted octanol–water partition coefficient (Wildman–Crippen LogP) is 4.06. The van der Waals surface area contributed by atoms with Crippen LogP contribution in [0.1, 0.15) is 31.7 Å². The number of rotatable bonds is 5. The monoisotopic (exact) mass is 293 g/mol. The summed E-state index contributed by atoms with van der Waals surface area (Å²) in [6.07, 6.45) is 6.41. The summed E-state index contributed by atoms with van der Waals surface area (Å²) in [6, 6.07) is 5.72. The minimum absolute atomic E-state index is 0.690. The van der Waals surface area contributed by atoms with E-state index in [1.807, 2.05) is 18.2 Å². The molecule has 0 bridgehead atoms. The lowest BCUT2D eigenvalue weighted by atomic mass is 10.0. The summed E-state index contributed by atoms with van der Waals surface area (Å²) in [4.78, 5) is 12.8. The second-order valence-electron chi connectivity index (χ2n) is 5.27. The van der Waals surface area contributed by atoms with Crippen molar-refractivity contribution in [2.45, 2.75) is 26.2 Å². The zero-order valence-corrected chi connectivity index (χ0v) is 12.4. The normalized spacial score (nSPS) is 18.9. The minimum Gasteiger partial charge on any atom is -0.478 e. The first-order valence-electron chi connectivity index (χ1n) is 7.05. The van der Waals surface area contributed by atoms with Gasteiger partial charge in [0.15, 0.2) is 0 Å². The minimum atomic E-state index is -0.952. The van der Waals surface area contributed by atoms with Crippen molar-refractivity contribution in [3.63, 3.8) is 0 Å². The standard InChI is InChI=1S/C16H20ClNO2/c1-2-3-13-8-9-18(11-13)15-6-4-12(10-14(15)17)5-7-16(19)20/h4-7,10,13H,2-3,8-9,11H2,1H3,(H,19,20)/b7-5+. The van der Waals surface area contributed by atoms with Gasteiger partial charge in [0.1, 0.15) is 0 Å². The van der Waals surface area contributed by atoms with E-state index >= 15 is 0 Å². The molecule has 2 rings (SSSR count). The first kappa shape index (κ1) is 14.9. The molecule has 0 aliphatic carbocycles. The number of carboxylic acid groups (broad SMARTS) is 1. The molecular formula is C16H20ClNO2. The molecule has 3 nitrogen and oxygen atoms in total. The van der Waals surface area contributed by atoms with Gasteiger partial charge < -0.3 is 10.0 Å². The molecule has 0 saturated carbocycles. The smallest absolute Gasteiger partial charge is 0.328 e. The van der Waals surface area contributed by atoms with Crippen LogP contribution in [0.5, 0.6) is 0 Å². The largest absolute Gasteiger partial charge is 0.478 e. The molecule has 1 unspecified atom stereocenters. The van der Waals surface area contributed by atoms with Gasteiger partial charge in [0, 0.05) is 19.2 Å². The maximum Gasteiger partial charge on any atom is 0.328 e. The molecule has 1 atom stereocenters. The quantitative estimate of drug-likeness (QED) is 0.832. The van der Waals surface area contributed by atoms with Crippen LogP contribution in [0, 0.1) is 5.92 Å². The Morgan fingerprint density at radius 1 is 1.55 bits per heavy atom. The predicted molar refractivity (Wildman–Crippen MR) is 83.3 cm³/mol. The summed E-state index contributed by atoms with van der Waals surface area (Å²) < 4.78 is 0. The average Bonchev–Trinajstić information content (AvgIpc) is 2.85. The van der Waals surface area contributed by atoms with E-state index in [4.69, 9.17) is 16.7 Å². The molecule has 1 aliphatic heterocycles. The van der Waals surface area contributed by atoms with Crippen LogP contribution in [0.4, 0.5) is 5.69 Å². The van der Waals surface area contributed by atoms with Crippen molar-refractivity contribution >= 4 is 29.3 Å². The van der Waals surface area contributed by atoms with Gasteiger partial charge in [-0.25, -0.2) is 4.79 Å². The van der Waals surface area contributed by atoms with E-state index in [2.05, 4.69) is 11.8 Å². The number of carbonyl (C=O) groups is 1. The third-order valence-electron chi connectivity index (χ3n) is 3.71. The highest BCUT2D eigenvalue weighted by Crippen LogP contribution is 2.32. The highest BCUT2D eigenvalue weighted by atomic mass is 35.5. The van der Waals surface area contributed by atoms with Crippen LogP contribution in [0.15, 0.2) is 24.3 Å². The summed E-state index contributed by atoms with van der Waals surface area (Å²) in [5.41, 5.74) is 1.86. The van der Waals surface area contributed by atoms with Crippen LogP contribution in [0.25, 0.3) is 6.08 Å². The Labute approximate surface area is 124 Å². The first-order chi connectivity index (χ1) is 9.60. The third-order valence-corrected chi connectivity index (χ3v) is 4.02. The zero-order chi connectivity index (χ0) is 14.5. The number of hydrogen-bond donors (Lipinski definition) is 1. The number of hydrogen-bond acceptors (Lipinski definition) is 2. The van der Waals surface area contributed by atoms with Crippen LogP contribution < -0.4 is 4.90 Å². The van der Waals surface area contributed by atoms with Gasteiger partial charge in [-0.1, -0.05) is 31.0 Å². The third kappa shape index (κ3) is 3.76. The summed E-state index contributed by atoms with van der Waals surface area (Å²) in [6.45, 7) is 4.34. The maximum absolute atomic E-state index is 10.5. The van der Waals surface area contributed by atoms with Crippen molar-refractivity contribution in [1.29, 1.82) is 0 Å². The van der Waals surface area contributed by atoms with Gasteiger partial charge in [-0.15, -0.1) is 0 Å². The Morgan fingerprint density at radius 2 is 2.35 bits per heavy atom. The van der Waals surface area contributed by atoms with Crippen LogP contribution in [-0.4, -0.2) is 24.2 Å². The van der Waals surface area contributed by atoms with Gasteiger partial charge >= 0.3 is 5.97 Å². The van der Waals surface area contributed by atoms with Crippen LogP contribution in [0.2, 0.25) is 5.02 Å². The van der Waals surface area contributed by atoms with Crippen molar-refractivity contribution in [1.82, 2.24) is 0 Å². The fraction of sp³-hybridized carbons (Fsp3) is 0.438. The molecule has 1 heterocycles. The SMILES string of the molecule is CCCC1CCN(c2ccc(/C=C/C(=O)O)cc2Cl)C1. The zero-order valence-electron chi connectivity index (χ0n) is 11.7. The molecule has 0 amide bonds. The molecule has 1 N–H and O–H groups in total. The van der Waals surface area contributed by atoms with E-state index in [-0.39, 0.29) is 0 Å². The number of benzene rings is 1. The second-order valence-corrected chi connectivity index (χ2v) is 5.68. The number of anilines is 1. The Balaban J connectivity index is 2.08. The molecule has 20 heavy (non-hydrogen) atoms. The lowest BCUT2D eigenvalue weighted by Crippen LogP contribution is -2.19. The fourth-order valence-corrected chi connectivity index (χ4v) is 3.05. The van der Waals surface area contributed by atoms with Crippen molar-refractivity contribution < 1.29 is 9.90 Å². The molecule has 0 aromatic heterocycles. The van der Waals surface area contributed by atoms with Gasteiger partial charge in [-0.3, -0.25) is 0 Å². The van der Waals surface area contributed by atoms with Gasteiger partial charge in [-0.2, -0.15) is 0 Å². The van der Waals surface area contributed by atoms with Gasteiger partial charge in [0.25, 0.3) is 0 Å². The van der Waals surface area contributed by atoms with Crippen LogP contribution in [0.3, 0.4) is 0 Å². The van der Waals surface area contributed by atoms with Crippen LogP contribution >= 0.6 is 11.6 Å². The van der Waals surface area contributed by atoms with Crippen LogP contribution in [-0.2, 0) is 4.79 Å². The van der Waals surface area contributed by atoms with Crippen molar-refractivity contribution in [2.75, 3.05) is 18.0 Å². The molecule has 4 heteroatoms. The number of aliphatic carboxylic acids is 1. The van der Waals surface area contributed by atoms with E-state index in [0.717, 1.165) is 36.3 Å². The number of halogens is 1. The molecule has 0 radical (unpaired) electrons. The Hall–Kier alpha value is -1.48. The fourth-order valence-electron chi connectivity index (χ4n) is 2.75. The number of carboxylic acids is 1. The summed E-state index contributed by atoms with van der Waals surface area (Å²) >= 11 is 6.33. The second kappa shape index (κ2) is 6.80.